The molecule has 3 heteroatoms. The van der Waals surface area contributed by atoms with Crippen molar-refractivity contribution >= 4 is 28.5 Å². The summed E-state index contributed by atoms with van der Waals surface area (Å²) < 4.78 is 0. The summed E-state index contributed by atoms with van der Waals surface area (Å²) in [6.07, 6.45) is 0. The summed E-state index contributed by atoms with van der Waals surface area (Å²) in [5.74, 6) is 0.00722. The van der Waals surface area contributed by atoms with Crippen molar-refractivity contribution in [2.45, 2.75) is 6.92 Å². The molecular weight excluding hydrogens is 356 g/mol. The van der Waals surface area contributed by atoms with E-state index in [2.05, 4.69) is 10.6 Å². The van der Waals surface area contributed by atoms with Gasteiger partial charge in [-0.25, -0.2) is 0 Å². The van der Waals surface area contributed by atoms with E-state index in [1.54, 1.807) is 0 Å². The molecule has 0 spiro atoms. The van der Waals surface area contributed by atoms with Crippen LogP contribution in [0.25, 0.3) is 0 Å². The first kappa shape index (κ1) is 18.5. The van der Waals surface area contributed by atoms with Crippen LogP contribution in [-0.2, 0) is 0 Å². The third-order valence-electron chi connectivity index (χ3n) is 4.76. The topological polar surface area (TPSA) is 41.1 Å². The molecule has 0 aliphatic rings. The van der Waals surface area contributed by atoms with E-state index >= 15 is 0 Å². The normalized spacial score (nSPS) is 10.4. The molecule has 0 saturated heterocycles. The zero-order chi connectivity index (χ0) is 20.1. The Morgan fingerprint density at radius 2 is 1.17 bits per heavy atom. The molecule has 4 aromatic carbocycles. The molecule has 4 aromatic rings. The van der Waals surface area contributed by atoms with Crippen LogP contribution in [0, 0.1) is 6.92 Å². The molecule has 0 atom stereocenters. The van der Waals surface area contributed by atoms with E-state index in [1.807, 2.05) is 110 Å². The zero-order valence-electron chi connectivity index (χ0n) is 16.2. The quantitative estimate of drug-likeness (QED) is 0.366. The molecule has 4 rings (SSSR count). The summed E-state index contributed by atoms with van der Waals surface area (Å²) in [6.45, 7) is 1.97. The number of carbonyl (C=O) groups excluding carboxylic acids is 1. The Kier molecular flexibility index (Phi) is 5.39. The number of hydrogen-bond donors (Lipinski definition) is 2. The van der Waals surface area contributed by atoms with Gasteiger partial charge < -0.3 is 10.6 Å². The van der Waals surface area contributed by atoms with Crippen molar-refractivity contribution in [1.29, 1.82) is 0 Å². The monoisotopic (exact) mass is 378 g/mol. The SMILES string of the molecule is Cc1cc(Nc2ccccc2)ccc1C(=O)c1ccccc1Nc1ccccc1. The molecule has 0 unspecified atom stereocenters. The number of ketones is 1. The molecule has 0 bridgehead atoms. The van der Waals surface area contributed by atoms with Crippen molar-refractivity contribution in [2.75, 3.05) is 10.6 Å². The summed E-state index contributed by atoms with van der Waals surface area (Å²) in [5.41, 5.74) is 6.02. The average Bonchev–Trinajstić information content (AvgIpc) is 2.75. The van der Waals surface area contributed by atoms with Crippen molar-refractivity contribution < 1.29 is 4.79 Å². The molecular formula is C26H22N2O. The molecule has 29 heavy (non-hydrogen) atoms. The number of rotatable bonds is 6. The maximum Gasteiger partial charge on any atom is 0.195 e. The van der Waals surface area contributed by atoms with Gasteiger partial charge in [0, 0.05) is 33.9 Å². The molecule has 0 aromatic heterocycles. The Morgan fingerprint density at radius 3 is 1.83 bits per heavy atom. The van der Waals surface area contributed by atoms with E-state index in [0.717, 1.165) is 28.3 Å². The minimum Gasteiger partial charge on any atom is -0.356 e. The van der Waals surface area contributed by atoms with Crippen LogP contribution in [0.2, 0.25) is 0 Å². The van der Waals surface area contributed by atoms with Gasteiger partial charge in [-0.05, 0) is 67.1 Å². The lowest BCUT2D eigenvalue weighted by Gasteiger charge is -2.14. The lowest BCUT2D eigenvalue weighted by atomic mass is 9.97. The highest BCUT2D eigenvalue weighted by molar-refractivity contribution is 6.13. The van der Waals surface area contributed by atoms with Crippen LogP contribution in [0.15, 0.2) is 103 Å². The lowest BCUT2D eigenvalue weighted by Crippen LogP contribution is -2.07. The molecule has 142 valence electrons. The minimum absolute atomic E-state index is 0.00722. The average molecular weight is 378 g/mol. The lowest BCUT2D eigenvalue weighted by molar-refractivity contribution is 0.103. The Hall–Kier alpha value is -3.85. The van der Waals surface area contributed by atoms with Crippen LogP contribution < -0.4 is 10.6 Å². The van der Waals surface area contributed by atoms with Crippen molar-refractivity contribution in [1.82, 2.24) is 0 Å². The Balaban J connectivity index is 1.60. The van der Waals surface area contributed by atoms with E-state index in [9.17, 15) is 4.79 Å². The largest absolute Gasteiger partial charge is 0.356 e. The first-order chi connectivity index (χ1) is 14.2. The van der Waals surface area contributed by atoms with Crippen LogP contribution in [0.3, 0.4) is 0 Å². The smallest absolute Gasteiger partial charge is 0.195 e. The van der Waals surface area contributed by atoms with Crippen molar-refractivity contribution in [2.24, 2.45) is 0 Å². The van der Waals surface area contributed by atoms with Gasteiger partial charge in [0.1, 0.15) is 0 Å². The number of carbonyl (C=O) groups is 1. The molecule has 3 nitrogen and oxygen atoms in total. The van der Waals surface area contributed by atoms with Crippen molar-refractivity contribution in [3.8, 4) is 0 Å². The first-order valence-corrected chi connectivity index (χ1v) is 9.59. The molecule has 0 aliphatic heterocycles. The van der Waals surface area contributed by atoms with Crippen LogP contribution >= 0.6 is 0 Å². The second-order valence-corrected chi connectivity index (χ2v) is 6.89. The summed E-state index contributed by atoms with van der Waals surface area (Å²) in [5, 5.41) is 6.72. The fraction of sp³-hybridized carbons (Fsp3) is 0.0385. The maximum absolute atomic E-state index is 13.3. The Bertz CT molecular complexity index is 1120. The molecule has 0 heterocycles. The number of hydrogen-bond acceptors (Lipinski definition) is 3. The number of anilines is 4. The van der Waals surface area contributed by atoms with Crippen LogP contribution in [-0.4, -0.2) is 5.78 Å². The maximum atomic E-state index is 13.3. The highest BCUT2D eigenvalue weighted by atomic mass is 16.1. The fourth-order valence-corrected chi connectivity index (χ4v) is 3.30. The summed E-state index contributed by atoms with van der Waals surface area (Å²) in [4.78, 5) is 13.3. The van der Waals surface area contributed by atoms with Crippen molar-refractivity contribution in [3.63, 3.8) is 0 Å². The van der Waals surface area contributed by atoms with Gasteiger partial charge in [0.25, 0.3) is 0 Å². The van der Waals surface area contributed by atoms with Crippen LogP contribution in [0.1, 0.15) is 21.5 Å². The van der Waals surface area contributed by atoms with Gasteiger partial charge in [-0.1, -0.05) is 48.5 Å². The van der Waals surface area contributed by atoms with E-state index in [4.69, 9.17) is 0 Å². The van der Waals surface area contributed by atoms with Gasteiger partial charge in [-0.3, -0.25) is 4.79 Å². The van der Waals surface area contributed by atoms with E-state index in [0.29, 0.717) is 11.1 Å². The molecule has 0 radical (unpaired) electrons. The molecule has 0 fully saturated rings. The molecule has 0 aliphatic carbocycles. The number of aryl methyl sites for hydroxylation is 1. The predicted molar refractivity (Wildman–Crippen MR) is 121 cm³/mol. The van der Waals surface area contributed by atoms with E-state index in [1.165, 1.54) is 0 Å². The van der Waals surface area contributed by atoms with Crippen molar-refractivity contribution in [3.05, 3.63) is 120 Å². The summed E-state index contributed by atoms with van der Waals surface area (Å²) in [6, 6.07) is 33.3. The van der Waals surface area contributed by atoms with Gasteiger partial charge >= 0.3 is 0 Å². The standard InChI is InChI=1S/C26H22N2O/c1-19-18-22(27-20-10-4-2-5-11-20)16-17-23(19)26(29)24-14-8-9-15-25(24)28-21-12-6-3-7-13-21/h2-18,27-28H,1H3. The van der Waals surface area contributed by atoms with Gasteiger partial charge in [-0.2, -0.15) is 0 Å². The summed E-state index contributed by atoms with van der Waals surface area (Å²) >= 11 is 0. The molecule has 0 amide bonds. The third-order valence-corrected chi connectivity index (χ3v) is 4.76. The van der Waals surface area contributed by atoms with Gasteiger partial charge in [0.15, 0.2) is 5.78 Å². The third kappa shape index (κ3) is 4.36. The number of para-hydroxylation sites is 3. The number of benzene rings is 4. The Labute approximate surface area is 171 Å². The summed E-state index contributed by atoms with van der Waals surface area (Å²) in [7, 11) is 0. The van der Waals surface area contributed by atoms with Crippen LogP contribution in [0.5, 0.6) is 0 Å². The molecule has 0 saturated carbocycles. The second kappa shape index (κ2) is 8.44. The predicted octanol–water partition coefficient (Wildman–Crippen LogP) is 6.71. The van der Waals surface area contributed by atoms with Gasteiger partial charge in [-0.15, -0.1) is 0 Å². The van der Waals surface area contributed by atoms with E-state index < -0.39 is 0 Å². The minimum atomic E-state index is 0.00722. The zero-order valence-corrected chi connectivity index (χ0v) is 16.2. The second-order valence-electron chi connectivity index (χ2n) is 6.89. The number of nitrogens with one attached hydrogen (secondary N) is 2. The fourth-order valence-electron chi connectivity index (χ4n) is 3.30. The molecule has 2 N–H and O–H groups in total. The van der Waals surface area contributed by atoms with Gasteiger partial charge in [0.05, 0.1) is 0 Å². The highest BCUT2D eigenvalue weighted by Crippen LogP contribution is 2.26. The van der Waals surface area contributed by atoms with Gasteiger partial charge in [0.2, 0.25) is 0 Å². The highest BCUT2D eigenvalue weighted by Gasteiger charge is 2.16. The van der Waals surface area contributed by atoms with E-state index in [-0.39, 0.29) is 5.78 Å². The van der Waals surface area contributed by atoms with Crippen LogP contribution in [0.4, 0.5) is 22.7 Å². The first-order valence-electron chi connectivity index (χ1n) is 9.59. The Morgan fingerprint density at radius 1 is 0.586 bits per heavy atom.